The Labute approximate surface area is 212 Å². The number of hydrogen-bond acceptors (Lipinski definition) is 14. The molecule has 208 valence electrons. The average molecular weight is 533 g/mol. The van der Waals surface area contributed by atoms with Gasteiger partial charge in [0.1, 0.15) is 18.8 Å². The third-order valence-corrected chi connectivity index (χ3v) is 4.80. The monoisotopic (exact) mass is 533 g/mol. The molecule has 0 aromatic rings. The van der Waals surface area contributed by atoms with Crippen LogP contribution in [0.15, 0.2) is 0 Å². The van der Waals surface area contributed by atoms with E-state index in [0.29, 0.717) is 0 Å². The quantitative estimate of drug-likeness (QED) is 0.267. The molecule has 0 spiro atoms. The number of hydrogen-bond donors (Lipinski definition) is 1. The maximum Gasteiger partial charge on any atom is 0.379 e. The Hall–Kier alpha value is -3.75. The first kappa shape index (κ1) is 31.3. The summed E-state index contributed by atoms with van der Waals surface area (Å²) in [6, 6.07) is -1.35. The van der Waals surface area contributed by atoms with Gasteiger partial charge in [0.15, 0.2) is 12.2 Å². The third-order valence-electron chi connectivity index (χ3n) is 4.80. The summed E-state index contributed by atoms with van der Waals surface area (Å²) >= 11 is 0. The fraction of sp³-hybridized carbons (Fsp3) is 0.682. The van der Waals surface area contributed by atoms with E-state index in [1.54, 1.807) is 0 Å². The zero-order chi connectivity index (χ0) is 28.5. The molecule has 0 radical (unpaired) electrons. The topological polar surface area (TPSA) is 196 Å². The smallest absolute Gasteiger partial charge is 0.379 e. The lowest BCUT2D eigenvalue weighted by atomic mass is 9.88. The molecule has 15 nitrogen and oxygen atoms in total. The van der Waals surface area contributed by atoms with Crippen molar-refractivity contribution >= 4 is 41.7 Å². The number of rotatable bonds is 10. The van der Waals surface area contributed by atoms with Crippen LogP contribution in [0.4, 0.5) is 0 Å². The molecule has 15 heteroatoms. The van der Waals surface area contributed by atoms with E-state index in [2.05, 4.69) is 5.32 Å². The summed E-state index contributed by atoms with van der Waals surface area (Å²) in [7, 11) is 0.971. The minimum absolute atomic E-state index is 0.630. The molecule has 0 aromatic heterocycles. The highest BCUT2D eigenvalue weighted by molar-refractivity contribution is 5.82. The number of carbonyl (C=O) groups is 7. The fourth-order valence-electron chi connectivity index (χ4n) is 3.74. The highest BCUT2D eigenvalue weighted by Crippen LogP contribution is 2.37. The van der Waals surface area contributed by atoms with Crippen molar-refractivity contribution in [1.82, 2.24) is 5.32 Å². The zero-order valence-corrected chi connectivity index (χ0v) is 21.5. The summed E-state index contributed by atoms with van der Waals surface area (Å²) in [5.74, 6) is -8.84. The van der Waals surface area contributed by atoms with Crippen LogP contribution in [0, 0.1) is 0 Å². The lowest BCUT2D eigenvalue weighted by Gasteiger charge is -2.48. The van der Waals surface area contributed by atoms with Crippen LogP contribution in [0.5, 0.6) is 0 Å². The van der Waals surface area contributed by atoms with Gasteiger partial charge < -0.3 is 38.5 Å². The molecule has 0 aliphatic carbocycles. The predicted molar refractivity (Wildman–Crippen MR) is 117 cm³/mol. The second-order valence-electron chi connectivity index (χ2n) is 8.02. The van der Waals surface area contributed by atoms with E-state index >= 15 is 0 Å². The van der Waals surface area contributed by atoms with Gasteiger partial charge in [-0.2, -0.15) is 0 Å². The van der Waals surface area contributed by atoms with Crippen molar-refractivity contribution in [2.45, 2.75) is 84.2 Å². The molecule has 0 bridgehead atoms. The number of amides is 1. The molecule has 4 unspecified atom stereocenters. The van der Waals surface area contributed by atoms with Gasteiger partial charge in [-0.05, 0) is 0 Å². The van der Waals surface area contributed by atoms with Gasteiger partial charge >= 0.3 is 41.6 Å². The van der Waals surface area contributed by atoms with E-state index in [1.165, 1.54) is 0 Å². The van der Waals surface area contributed by atoms with E-state index in [-0.39, 0.29) is 0 Å². The van der Waals surface area contributed by atoms with Crippen LogP contribution in [0.3, 0.4) is 0 Å². The maximum absolute atomic E-state index is 12.8. The molecule has 1 aliphatic heterocycles. The second kappa shape index (κ2) is 13.5. The first-order chi connectivity index (χ1) is 17.1. The second-order valence-corrected chi connectivity index (χ2v) is 8.02. The molecule has 6 atom stereocenters. The molecule has 1 heterocycles. The molecule has 1 aliphatic rings. The van der Waals surface area contributed by atoms with Gasteiger partial charge in [-0.1, -0.05) is 0 Å². The summed E-state index contributed by atoms with van der Waals surface area (Å²) in [6.45, 7) is 5.60. The summed E-state index contributed by atoms with van der Waals surface area (Å²) in [5, 5.41) is 2.49. The Morgan fingerprint density at radius 2 is 1.46 bits per heavy atom. The van der Waals surface area contributed by atoms with Crippen LogP contribution in [-0.4, -0.2) is 91.7 Å². The normalized spacial score (nSPS) is 24.4. The van der Waals surface area contributed by atoms with Crippen LogP contribution < -0.4 is 5.32 Å². The van der Waals surface area contributed by atoms with Crippen molar-refractivity contribution < 1.29 is 66.7 Å². The van der Waals surface area contributed by atoms with Gasteiger partial charge in [0.05, 0.1) is 19.6 Å². The van der Waals surface area contributed by atoms with Crippen molar-refractivity contribution in [3.8, 4) is 0 Å². The van der Waals surface area contributed by atoms with Crippen molar-refractivity contribution in [1.29, 1.82) is 0 Å². The van der Waals surface area contributed by atoms with E-state index in [9.17, 15) is 33.6 Å². The van der Waals surface area contributed by atoms with Crippen molar-refractivity contribution in [3.05, 3.63) is 0 Å². The Morgan fingerprint density at radius 3 is 1.89 bits per heavy atom. The SMILES string of the molecule is COC(=O)C1(OC(C)=O)CC(OC(C)=O)C(NC(C)=O)C([C@H](OC(C)=O)[C@H](COC(C)=O)OC(C)=O)O1. The number of nitrogens with one attached hydrogen (secondary N) is 1. The van der Waals surface area contributed by atoms with Gasteiger partial charge in [-0.3, -0.25) is 28.8 Å². The largest absolute Gasteiger partial charge is 0.464 e. The van der Waals surface area contributed by atoms with Gasteiger partial charge in [-0.15, -0.1) is 0 Å². The first-order valence-electron chi connectivity index (χ1n) is 11.0. The highest BCUT2D eigenvalue weighted by Gasteiger charge is 2.60. The molecular weight excluding hydrogens is 502 g/mol. The summed E-state index contributed by atoms with van der Waals surface area (Å²) in [5.41, 5.74) is 0. The molecule has 1 rings (SSSR count). The summed E-state index contributed by atoms with van der Waals surface area (Å²) in [6.07, 6.45) is -6.98. The molecular formula is C22H31NO14. The molecule has 1 saturated heterocycles. The zero-order valence-electron chi connectivity index (χ0n) is 21.5. The number of methoxy groups -OCH3 is 1. The standard InChI is InChI=1S/C22H31NO14/c1-10(24)23-18-16(33-12(3)26)8-22(21(30)31-7,36-15(6)29)37-20(18)19(35-14(5)28)17(34-13(4)27)9-32-11(2)25/h16-20H,8-9H2,1-7H3,(H,23,24)/t16?,17-,18?,19+,20?,22?/m0/s1. The minimum atomic E-state index is -2.54. The Balaban J connectivity index is 3.83. The van der Waals surface area contributed by atoms with Gasteiger partial charge in [0.2, 0.25) is 5.91 Å². The Bertz CT molecular complexity index is 917. The van der Waals surface area contributed by atoms with Crippen LogP contribution in [0.2, 0.25) is 0 Å². The van der Waals surface area contributed by atoms with Crippen LogP contribution in [-0.2, 0) is 66.7 Å². The molecule has 37 heavy (non-hydrogen) atoms. The maximum atomic E-state index is 12.8. The van der Waals surface area contributed by atoms with Gasteiger partial charge in [0, 0.05) is 41.5 Å². The van der Waals surface area contributed by atoms with Crippen molar-refractivity contribution in [2.24, 2.45) is 0 Å². The third kappa shape index (κ3) is 9.33. The molecule has 0 aromatic carbocycles. The highest BCUT2D eigenvalue weighted by atomic mass is 16.8. The van der Waals surface area contributed by atoms with Crippen LogP contribution in [0.1, 0.15) is 48.0 Å². The first-order valence-corrected chi connectivity index (χ1v) is 11.0. The fourth-order valence-corrected chi connectivity index (χ4v) is 3.74. The number of carbonyl (C=O) groups excluding carboxylic acids is 7. The van der Waals surface area contributed by atoms with Gasteiger partial charge in [0.25, 0.3) is 0 Å². The summed E-state index contributed by atoms with van der Waals surface area (Å²) in [4.78, 5) is 84.1. The van der Waals surface area contributed by atoms with E-state index in [4.69, 9.17) is 33.2 Å². The number of ether oxygens (including phenoxy) is 7. The van der Waals surface area contributed by atoms with Crippen molar-refractivity contribution in [2.75, 3.05) is 13.7 Å². The Kier molecular flexibility index (Phi) is 11.4. The lowest BCUT2D eigenvalue weighted by Crippen LogP contribution is -2.69. The molecule has 1 N–H and O–H groups in total. The minimum Gasteiger partial charge on any atom is -0.464 e. The average Bonchev–Trinajstić information content (AvgIpc) is 2.74. The molecule has 0 saturated carbocycles. The lowest BCUT2D eigenvalue weighted by molar-refractivity contribution is -0.304. The summed E-state index contributed by atoms with van der Waals surface area (Å²) < 4.78 is 36.6. The van der Waals surface area contributed by atoms with E-state index in [0.717, 1.165) is 48.7 Å². The van der Waals surface area contributed by atoms with Crippen LogP contribution >= 0.6 is 0 Å². The molecule has 1 amide bonds. The van der Waals surface area contributed by atoms with Gasteiger partial charge in [-0.25, -0.2) is 4.79 Å². The molecule has 1 fully saturated rings. The number of esters is 6. The van der Waals surface area contributed by atoms with Crippen molar-refractivity contribution in [3.63, 3.8) is 0 Å². The Morgan fingerprint density at radius 1 is 0.865 bits per heavy atom. The predicted octanol–water partition coefficient (Wildman–Crippen LogP) is -0.929. The van der Waals surface area contributed by atoms with Crippen LogP contribution in [0.25, 0.3) is 0 Å². The van der Waals surface area contributed by atoms with E-state index < -0.39 is 91.0 Å². The van der Waals surface area contributed by atoms with E-state index in [1.807, 2.05) is 0 Å².